The summed E-state index contributed by atoms with van der Waals surface area (Å²) >= 11 is 0. The second-order valence-corrected chi connectivity index (χ2v) is 4.41. The number of fused-ring (bicyclic) bond motifs is 1. The van der Waals surface area contributed by atoms with Gasteiger partial charge in [-0.25, -0.2) is 13.8 Å². The maximum atomic E-state index is 13.6. The number of nitrogens with one attached hydrogen (secondary N) is 1. The number of benzene rings is 2. The molecule has 21 heavy (non-hydrogen) atoms. The lowest BCUT2D eigenvalue weighted by Gasteiger charge is -2.10. The average molecular weight is 298 g/mol. The second kappa shape index (κ2) is 4.54. The van der Waals surface area contributed by atoms with E-state index in [1.54, 1.807) is 0 Å². The molecule has 1 N–H and O–H groups in total. The van der Waals surface area contributed by atoms with Crippen molar-refractivity contribution in [2.45, 2.75) is 6.18 Å². The zero-order valence-electron chi connectivity index (χ0n) is 10.3. The molecule has 0 unspecified atom stereocenters. The number of H-pyrrole nitrogens is 1. The van der Waals surface area contributed by atoms with Gasteiger partial charge in [0.25, 0.3) is 0 Å². The Kier molecular flexibility index (Phi) is 2.93. The quantitative estimate of drug-likeness (QED) is 0.657. The van der Waals surface area contributed by atoms with Gasteiger partial charge in [0.15, 0.2) is 5.82 Å². The molecule has 1 heterocycles. The zero-order valence-corrected chi connectivity index (χ0v) is 10.3. The van der Waals surface area contributed by atoms with Gasteiger partial charge in [0.1, 0.15) is 17.2 Å². The Hall–Kier alpha value is -2.44. The summed E-state index contributed by atoms with van der Waals surface area (Å²) in [7, 11) is 0. The Morgan fingerprint density at radius 1 is 1.00 bits per heavy atom. The molecule has 2 nitrogen and oxygen atoms in total. The number of aromatic nitrogens is 2. The van der Waals surface area contributed by atoms with E-state index in [0.717, 1.165) is 12.1 Å². The Bertz CT molecular complexity index is 820. The average Bonchev–Trinajstić information content (AvgIpc) is 2.81. The Morgan fingerprint density at radius 3 is 2.43 bits per heavy atom. The number of alkyl halides is 3. The van der Waals surface area contributed by atoms with Crippen LogP contribution in [0.15, 0.2) is 36.4 Å². The van der Waals surface area contributed by atoms with Gasteiger partial charge in [-0.2, -0.15) is 13.2 Å². The van der Waals surface area contributed by atoms with Crippen LogP contribution in [0.2, 0.25) is 0 Å². The summed E-state index contributed by atoms with van der Waals surface area (Å²) in [4.78, 5) is 6.32. The van der Waals surface area contributed by atoms with E-state index in [1.807, 2.05) is 0 Å². The van der Waals surface area contributed by atoms with Crippen LogP contribution in [0.4, 0.5) is 22.0 Å². The van der Waals surface area contributed by atoms with Crippen molar-refractivity contribution in [1.82, 2.24) is 9.97 Å². The van der Waals surface area contributed by atoms with Gasteiger partial charge in [-0.3, -0.25) is 0 Å². The van der Waals surface area contributed by atoms with Crippen LogP contribution in [0, 0.1) is 11.6 Å². The van der Waals surface area contributed by atoms with Gasteiger partial charge >= 0.3 is 6.18 Å². The molecule has 0 aliphatic rings. The van der Waals surface area contributed by atoms with Crippen LogP contribution in [0.25, 0.3) is 22.4 Å². The number of imidazole rings is 1. The summed E-state index contributed by atoms with van der Waals surface area (Å²) in [6, 6.07) is 6.38. The SMILES string of the molecule is Fc1cc(F)c2nc(-c3ccccc3C(F)(F)F)[nH]c2c1. The number of hydrogen-bond acceptors (Lipinski definition) is 1. The highest BCUT2D eigenvalue weighted by atomic mass is 19.4. The van der Waals surface area contributed by atoms with Crippen LogP contribution in [-0.4, -0.2) is 9.97 Å². The van der Waals surface area contributed by atoms with Gasteiger partial charge < -0.3 is 4.98 Å². The van der Waals surface area contributed by atoms with E-state index in [9.17, 15) is 22.0 Å². The fraction of sp³-hybridized carbons (Fsp3) is 0.0714. The predicted octanol–water partition coefficient (Wildman–Crippen LogP) is 4.53. The van der Waals surface area contributed by atoms with Gasteiger partial charge in [0, 0.05) is 11.6 Å². The van der Waals surface area contributed by atoms with Crippen molar-refractivity contribution >= 4 is 11.0 Å². The maximum Gasteiger partial charge on any atom is 0.417 e. The van der Waals surface area contributed by atoms with E-state index in [2.05, 4.69) is 9.97 Å². The first kappa shape index (κ1) is 13.5. The molecule has 3 aromatic rings. The standard InChI is InChI=1S/C14H7F5N2/c15-7-5-10(16)12-11(6-7)20-13(21-12)8-3-1-2-4-9(8)14(17,18)19/h1-6H,(H,20,21). The van der Waals surface area contributed by atoms with Gasteiger partial charge in [0.2, 0.25) is 0 Å². The molecule has 0 saturated heterocycles. The smallest absolute Gasteiger partial charge is 0.338 e. The van der Waals surface area contributed by atoms with E-state index >= 15 is 0 Å². The van der Waals surface area contributed by atoms with E-state index in [4.69, 9.17) is 0 Å². The summed E-state index contributed by atoms with van der Waals surface area (Å²) in [5.74, 6) is -1.93. The van der Waals surface area contributed by atoms with E-state index < -0.39 is 23.4 Å². The molecule has 0 aliphatic heterocycles. The number of aromatic amines is 1. The van der Waals surface area contributed by atoms with Crippen molar-refractivity contribution in [3.05, 3.63) is 53.6 Å². The summed E-state index contributed by atoms with van der Waals surface area (Å²) in [6.07, 6.45) is -4.57. The molecular formula is C14H7F5N2. The molecular weight excluding hydrogens is 291 g/mol. The highest BCUT2D eigenvalue weighted by molar-refractivity contribution is 5.80. The van der Waals surface area contributed by atoms with Crippen LogP contribution >= 0.6 is 0 Å². The van der Waals surface area contributed by atoms with Gasteiger partial charge in [-0.05, 0) is 12.1 Å². The number of halogens is 5. The zero-order chi connectivity index (χ0) is 15.2. The van der Waals surface area contributed by atoms with Crippen molar-refractivity contribution in [2.75, 3.05) is 0 Å². The van der Waals surface area contributed by atoms with E-state index in [0.29, 0.717) is 6.07 Å². The molecule has 0 atom stereocenters. The van der Waals surface area contributed by atoms with Gasteiger partial charge in [-0.1, -0.05) is 18.2 Å². The minimum Gasteiger partial charge on any atom is -0.338 e. The normalized spacial score (nSPS) is 12.0. The minimum atomic E-state index is -4.57. The summed E-state index contributed by atoms with van der Waals surface area (Å²) < 4.78 is 65.5. The molecule has 0 saturated carbocycles. The minimum absolute atomic E-state index is 0.000484. The van der Waals surface area contributed by atoms with Gasteiger partial charge in [0.05, 0.1) is 11.1 Å². The van der Waals surface area contributed by atoms with Crippen LogP contribution in [0.5, 0.6) is 0 Å². The molecule has 0 spiro atoms. The maximum absolute atomic E-state index is 13.6. The third kappa shape index (κ3) is 2.35. The van der Waals surface area contributed by atoms with Gasteiger partial charge in [-0.15, -0.1) is 0 Å². The molecule has 0 aliphatic carbocycles. The molecule has 0 fully saturated rings. The van der Waals surface area contributed by atoms with Crippen molar-refractivity contribution in [2.24, 2.45) is 0 Å². The first-order valence-corrected chi connectivity index (χ1v) is 5.87. The Morgan fingerprint density at radius 2 is 1.71 bits per heavy atom. The molecule has 2 aromatic carbocycles. The third-order valence-electron chi connectivity index (χ3n) is 2.99. The topological polar surface area (TPSA) is 28.7 Å². The van der Waals surface area contributed by atoms with Crippen LogP contribution in [0.1, 0.15) is 5.56 Å². The first-order chi connectivity index (χ1) is 9.86. The fourth-order valence-corrected chi connectivity index (χ4v) is 2.11. The third-order valence-corrected chi connectivity index (χ3v) is 2.99. The van der Waals surface area contributed by atoms with Crippen LogP contribution in [0.3, 0.4) is 0 Å². The molecule has 0 radical (unpaired) electrons. The monoisotopic (exact) mass is 298 g/mol. The molecule has 1 aromatic heterocycles. The number of hydrogen-bond donors (Lipinski definition) is 1. The largest absolute Gasteiger partial charge is 0.417 e. The number of rotatable bonds is 1. The lowest BCUT2D eigenvalue weighted by atomic mass is 10.1. The fourth-order valence-electron chi connectivity index (χ4n) is 2.11. The molecule has 3 rings (SSSR count). The highest BCUT2D eigenvalue weighted by Crippen LogP contribution is 2.36. The second-order valence-electron chi connectivity index (χ2n) is 4.41. The Labute approximate surface area is 115 Å². The predicted molar refractivity (Wildman–Crippen MR) is 66.4 cm³/mol. The molecule has 7 heteroatoms. The summed E-state index contributed by atoms with van der Waals surface area (Å²) in [5, 5.41) is 0. The van der Waals surface area contributed by atoms with E-state index in [-0.39, 0.29) is 22.4 Å². The van der Waals surface area contributed by atoms with Crippen molar-refractivity contribution in [3.8, 4) is 11.4 Å². The highest BCUT2D eigenvalue weighted by Gasteiger charge is 2.34. The number of nitrogens with zero attached hydrogens (tertiary/aromatic N) is 1. The molecule has 0 amide bonds. The Balaban J connectivity index is 2.25. The lowest BCUT2D eigenvalue weighted by molar-refractivity contribution is -0.137. The van der Waals surface area contributed by atoms with Crippen molar-refractivity contribution < 1.29 is 22.0 Å². The molecule has 108 valence electrons. The lowest BCUT2D eigenvalue weighted by Crippen LogP contribution is -2.07. The first-order valence-electron chi connectivity index (χ1n) is 5.87. The van der Waals surface area contributed by atoms with Crippen molar-refractivity contribution in [3.63, 3.8) is 0 Å². The van der Waals surface area contributed by atoms with Crippen LogP contribution in [-0.2, 0) is 6.18 Å². The summed E-state index contributed by atoms with van der Waals surface area (Å²) in [6.45, 7) is 0. The molecule has 0 bridgehead atoms. The van der Waals surface area contributed by atoms with Crippen LogP contribution < -0.4 is 0 Å². The van der Waals surface area contributed by atoms with E-state index in [1.165, 1.54) is 18.2 Å². The summed E-state index contributed by atoms with van der Waals surface area (Å²) in [5.41, 5.74) is -1.33. The van der Waals surface area contributed by atoms with Crippen molar-refractivity contribution in [1.29, 1.82) is 0 Å².